The highest BCUT2D eigenvalue weighted by Crippen LogP contribution is 2.13. The van der Waals surface area contributed by atoms with Crippen LogP contribution in [0.2, 0.25) is 0 Å². The number of benzene rings is 1. The van der Waals surface area contributed by atoms with Gasteiger partial charge < -0.3 is 10.7 Å². The standard InChI is InChI=1S/C13H13FN4O/c1-8-5-9(6-12(16-8)18-15)13(19)17-11-4-2-3-10(14)7-11/h2-7H,15H2,1H3,(H,16,18)(H,17,19). The summed E-state index contributed by atoms with van der Waals surface area (Å²) in [5.74, 6) is 4.90. The molecule has 0 saturated carbocycles. The van der Waals surface area contributed by atoms with Gasteiger partial charge in [-0.1, -0.05) is 6.07 Å². The number of hydrogen-bond donors (Lipinski definition) is 3. The highest BCUT2D eigenvalue weighted by molar-refractivity contribution is 6.04. The van der Waals surface area contributed by atoms with E-state index in [0.717, 1.165) is 0 Å². The van der Waals surface area contributed by atoms with E-state index in [2.05, 4.69) is 15.7 Å². The van der Waals surface area contributed by atoms with Crippen LogP contribution in [-0.2, 0) is 0 Å². The Morgan fingerprint density at radius 2 is 2.11 bits per heavy atom. The Kier molecular flexibility index (Phi) is 3.72. The van der Waals surface area contributed by atoms with Crippen LogP contribution in [0.1, 0.15) is 16.1 Å². The monoisotopic (exact) mass is 260 g/mol. The average Bonchev–Trinajstić information content (AvgIpc) is 2.38. The van der Waals surface area contributed by atoms with Gasteiger partial charge in [0.1, 0.15) is 11.6 Å². The van der Waals surface area contributed by atoms with Crippen LogP contribution < -0.4 is 16.6 Å². The minimum Gasteiger partial charge on any atom is -0.322 e. The summed E-state index contributed by atoms with van der Waals surface area (Å²) >= 11 is 0. The topological polar surface area (TPSA) is 80.0 Å². The van der Waals surface area contributed by atoms with E-state index in [0.29, 0.717) is 22.8 Å². The van der Waals surface area contributed by atoms with Crippen molar-refractivity contribution in [3.63, 3.8) is 0 Å². The highest BCUT2D eigenvalue weighted by Gasteiger charge is 2.09. The molecule has 0 fully saturated rings. The van der Waals surface area contributed by atoms with Gasteiger partial charge in [0.05, 0.1) is 0 Å². The van der Waals surface area contributed by atoms with E-state index in [1.165, 1.54) is 24.3 Å². The first-order valence-electron chi connectivity index (χ1n) is 5.61. The number of pyridine rings is 1. The first-order valence-corrected chi connectivity index (χ1v) is 5.61. The lowest BCUT2D eigenvalue weighted by Crippen LogP contribution is -2.15. The van der Waals surface area contributed by atoms with Gasteiger partial charge in [-0.2, -0.15) is 0 Å². The molecule has 0 atom stereocenters. The third-order valence-corrected chi connectivity index (χ3v) is 2.45. The van der Waals surface area contributed by atoms with Crippen molar-refractivity contribution in [3.8, 4) is 0 Å². The number of aryl methyl sites for hydroxylation is 1. The van der Waals surface area contributed by atoms with Crippen LogP contribution in [0, 0.1) is 12.7 Å². The molecule has 0 spiro atoms. The Balaban J connectivity index is 2.22. The highest BCUT2D eigenvalue weighted by atomic mass is 19.1. The number of amides is 1. The minimum atomic E-state index is -0.409. The molecule has 1 aromatic carbocycles. The Bertz CT molecular complexity index is 615. The first-order chi connectivity index (χ1) is 9.08. The summed E-state index contributed by atoms with van der Waals surface area (Å²) in [5.41, 5.74) is 3.82. The van der Waals surface area contributed by atoms with E-state index in [-0.39, 0.29) is 5.91 Å². The van der Waals surface area contributed by atoms with Gasteiger partial charge in [0.2, 0.25) is 0 Å². The molecule has 5 nitrogen and oxygen atoms in total. The molecule has 0 aliphatic heterocycles. The molecule has 19 heavy (non-hydrogen) atoms. The second kappa shape index (κ2) is 5.45. The Morgan fingerprint density at radius 3 is 2.79 bits per heavy atom. The number of anilines is 2. The van der Waals surface area contributed by atoms with Crippen LogP contribution in [0.3, 0.4) is 0 Å². The van der Waals surface area contributed by atoms with Crippen molar-refractivity contribution < 1.29 is 9.18 Å². The van der Waals surface area contributed by atoms with Crippen molar-refractivity contribution >= 4 is 17.4 Å². The van der Waals surface area contributed by atoms with Crippen LogP contribution in [0.25, 0.3) is 0 Å². The molecule has 2 aromatic rings. The molecule has 0 bridgehead atoms. The van der Waals surface area contributed by atoms with Gasteiger partial charge in [-0.05, 0) is 37.3 Å². The summed E-state index contributed by atoms with van der Waals surface area (Å²) in [6.45, 7) is 1.75. The largest absolute Gasteiger partial charge is 0.322 e. The summed E-state index contributed by atoms with van der Waals surface area (Å²) < 4.78 is 13.0. The summed E-state index contributed by atoms with van der Waals surface area (Å²) in [7, 11) is 0. The van der Waals surface area contributed by atoms with Gasteiger partial charge in [-0.3, -0.25) is 4.79 Å². The zero-order valence-corrected chi connectivity index (χ0v) is 10.3. The fraction of sp³-hybridized carbons (Fsp3) is 0.0769. The van der Waals surface area contributed by atoms with Crippen molar-refractivity contribution in [1.82, 2.24) is 4.98 Å². The van der Waals surface area contributed by atoms with Crippen LogP contribution >= 0.6 is 0 Å². The number of hydrogen-bond acceptors (Lipinski definition) is 4. The summed E-state index contributed by atoms with van der Waals surface area (Å²) in [6, 6.07) is 8.82. The van der Waals surface area contributed by atoms with Crippen LogP contribution in [0.5, 0.6) is 0 Å². The summed E-state index contributed by atoms with van der Waals surface area (Å²) in [5, 5.41) is 2.60. The molecule has 1 heterocycles. The molecule has 2 rings (SSSR count). The number of nitrogens with two attached hydrogens (primary N) is 1. The number of nitrogens with zero attached hydrogens (tertiary/aromatic N) is 1. The van der Waals surface area contributed by atoms with E-state index in [1.54, 1.807) is 19.1 Å². The molecule has 1 amide bonds. The molecular weight excluding hydrogens is 247 g/mol. The van der Waals surface area contributed by atoms with E-state index < -0.39 is 5.82 Å². The van der Waals surface area contributed by atoms with Crippen molar-refractivity contribution in [3.05, 3.63) is 53.5 Å². The number of carbonyl (C=O) groups excluding carboxylic acids is 1. The van der Waals surface area contributed by atoms with Crippen molar-refractivity contribution in [2.24, 2.45) is 5.84 Å². The maximum Gasteiger partial charge on any atom is 0.255 e. The molecule has 4 N–H and O–H groups in total. The normalized spacial score (nSPS) is 10.1. The molecule has 1 aromatic heterocycles. The SMILES string of the molecule is Cc1cc(C(=O)Nc2cccc(F)c2)cc(NN)n1. The average molecular weight is 260 g/mol. The van der Waals surface area contributed by atoms with E-state index in [9.17, 15) is 9.18 Å². The number of aromatic nitrogens is 1. The van der Waals surface area contributed by atoms with Gasteiger partial charge in [-0.15, -0.1) is 0 Å². The third-order valence-electron chi connectivity index (χ3n) is 2.45. The lowest BCUT2D eigenvalue weighted by atomic mass is 10.2. The van der Waals surface area contributed by atoms with E-state index in [4.69, 9.17) is 5.84 Å². The smallest absolute Gasteiger partial charge is 0.255 e. The number of nitrogen functional groups attached to an aromatic ring is 1. The minimum absolute atomic E-state index is 0.354. The molecule has 0 aliphatic carbocycles. The van der Waals surface area contributed by atoms with E-state index in [1.807, 2.05) is 0 Å². The van der Waals surface area contributed by atoms with Crippen molar-refractivity contribution in [1.29, 1.82) is 0 Å². The summed E-state index contributed by atoms with van der Waals surface area (Å²) in [6.07, 6.45) is 0. The maximum absolute atomic E-state index is 13.0. The van der Waals surface area contributed by atoms with E-state index >= 15 is 0 Å². The van der Waals surface area contributed by atoms with Crippen molar-refractivity contribution in [2.45, 2.75) is 6.92 Å². The number of carbonyl (C=O) groups is 1. The molecule has 6 heteroatoms. The Morgan fingerprint density at radius 1 is 1.32 bits per heavy atom. The number of hydrazine groups is 1. The molecular formula is C13H13FN4O. The van der Waals surface area contributed by atoms with Gasteiger partial charge in [0.15, 0.2) is 0 Å². The quantitative estimate of drug-likeness (QED) is 0.583. The predicted octanol–water partition coefficient (Wildman–Crippen LogP) is 2.07. The third kappa shape index (κ3) is 3.26. The zero-order valence-electron chi connectivity index (χ0n) is 10.3. The van der Waals surface area contributed by atoms with Gasteiger partial charge in [0.25, 0.3) is 5.91 Å². The second-order valence-electron chi connectivity index (χ2n) is 3.99. The summed E-state index contributed by atoms with van der Waals surface area (Å²) in [4.78, 5) is 16.1. The van der Waals surface area contributed by atoms with Gasteiger partial charge >= 0.3 is 0 Å². The lowest BCUT2D eigenvalue weighted by Gasteiger charge is -2.07. The molecule has 0 radical (unpaired) electrons. The molecule has 0 aliphatic rings. The first kappa shape index (κ1) is 13.0. The molecule has 0 saturated heterocycles. The molecule has 98 valence electrons. The number of nitrogens with one attached hydrogen (secondary N) is 2. The van der Waals surface area contributed by atoms with Crippen molar-refractivity contribution in [2.75, 3.05) is 10.7 Å². The fourth-order valence-electron chi connectivity index (χ4n) is 1.64. The predicted molar refractivity (Wildman–Crippen MR) is 71.1 cm³/mol. The van der Waals surface area contributed by atoms with Gasteiger partial charge in [0, 0.05) is 16.9 Å². The van der Waals surface area contributed by atoms with Crippen LogP contribution in [0.15, 0.2) is 36.4 Å². The second-order valence-corrected chi connectivity index (χ2v) is 3.99. The number of halogens is 1. The van der Waals surface area contributed by atoms with Crippen LogP contribution in [0.4, 0.5) is 15.9 Å². The Hall–Kier alpha value is -2.47. The van der Waals surface area contributed by atoms with Gasteiger partial charge in [-0.25, -0.2) is 15.2 Å². The number of rotatable bonds is 3. The lowest BCUT2D eigenvalue weighted by molar-refractivity contribution is 0.102. The Labute approximate surface area is 109 Å². The molecule has 0 unspecified atom stereocenters. The fourth-order valence-corrected chi connectivity index (χ4v) is 1.64. The van der Waals surface area contributed by atoms with Crippen LogP contribution in [-0.4, -0.2) is 10.9 Å². The maximum atomic E-state index is 13.0. The zero-order chi connectivity index (χ0) is 13.8.